The lowest BCUT2D eigenvalue weighted by Crippen LogP contribution is -2.31. The van der Waals surface area contributed by atoms with Gasteiger partial charge in [0.2, 0.25) is 15.9 Å². The number of amides is 1. The lowest BCUT2D eigenvalue weighted by atomic mass is 10.1. The van der Waals surface area contributed by atoms with Gasteiger partial charge in [-0.2, -0.15) is 5.26 Å². The van der Waals surface area contributed by atoms with Crippen LogP contribution in [0.5, 0.6) is 0 Å². The normalized spacial score (nSPS) is 10.7. The molecule has 25 heavy (non-hydrogen) atoms. The van der Waals surface area contributed by atoms with Gasteiger partial charge in [-0.25, -0.2) is 13.6 Å². The molecule has 4 N–H and O–H groups in total. The van der Waals surface area contributed by atoms with Crippen LogP contribution in [0.3, 0.4) is 0 Å². The van der Waals surface area contributed by atoms with Crippen molar-refractivity contribution in [3.8, 4) is 6.07 Å². The zero-order valence-corrected chi connectivity index (χ0v) is 14.2. The second kappa shape index (κ2) is 8.28. The Kier molecular flexibility index (Phi) is 6.11. The van der Waals surface area contributed by atoms with Gasteiger partial charge in [-0.1, -0.05) is 18.2 Å². The van der Waals surface area contributed by atoms with Crippen LogP contribution in [-0.4, -0.2) is 27.4 Å². The number of primary sulfonamides is 1. The minimum absolute atomic E-state index is 0.0593. The average Bonchev–Trinajstić information content (AvgIpc) is 2.60. The SMILES string of the molecule is N#Cc1cccc(NCC(=O)NCCc2ccc(S(N)(=O)=O)cc2)c1. The standard InChI is InChI=1S/C17H18N4O3S/c18-11-14-2-1-3-15(10-14)21-12-17(22)20-9-8-13-4-6-16(7-5-13)25(19,23)24/h1-7,10,21H,8-9,12H2,(H,20,22)(H2,19,23,24). The molecular formula is C17H18N4O3S. The van der Waals surface area contributed by atoms with Crippen LogP contribution in [0.1, 0.15) is 11.1 Å². The van der Waals surface area contributed by atoms with Gasteiger partial charge in [0.1, 0.15) is 0 Å². The highest BCUT2D eigenvalue weighted by molar-refractivity contribution is 7.89. The van der Waals surface area contributed by atoms with Crippen molar-refractivity contribution in [2.45, 2.75) is 11.3 Å². The molecule has 0 aliphatic heterocycles. The number of hydrogen-bond acceptors (Lipinski definition) is 5. The van der Waals surface area contributed by atoms with Crippen LogP contribution in [0.4, 0.5) is 5.69 Å². The third-order valence-corrected chi connectivity index (χ3v) is 4.36. The third-order valence-electron chi connectivity index (χ3n) is 3.43. The van der Waals surface area contributed by atoms with E-state index < -0.39 is 10.0 Å². The van der Waals surface area contributed by atoms with Crippen LogP contribution in [0, 0.1) is 11.3 Å². The predicted octanol–water partition coefficient (Wildman–Crippen LogP) is 0.976. The lowest BCUT2D eigenvalue weighted by molar-refractivity contribution is -0.119. The molecule has 2 aromatic carbocycles. The number of rotatable bonds is 7. The third kappa shape index (κ3) is 5.91. The van der Waals surface area contributed by atoms with Gasteiger partial charge in [-0.3, -0.25) is 4.79 Å². The molecule has 1 amide bonds. The minimum atomic E-state index is -3.69. The Bertz CT molecular complexity index is 887. The number of benzene rings is 2. The van der Waals surface area contributed by atoms with Crippen molar-refractivity contribution >= 4 is 21.6 Å². The van der Waals surface area contributed by atoms with Crippen LogP contribution in [0.25, 0.3) is 0 Å². The van der Waals surface area contributed by atoms with Gasteiger partial charge in [-0.15, -0.1) is 0 Å². The Hall–Kier alpha value is -2.89. The molecule has 130 valence electrons. The van der Waals surface area contributed by atoms with E-state index in [-0.39, 0.29) is 17.3 Å². The second-order valence-corrected chi connectivity index (χ2v) is 6.90. The molecule has 0 radical (unpaired) electrons. The number of sulfonamides is 1. The van der Waals surface area contributed by atoms with Gasteiger partial charge < -0.3 is 10.6 Å². The number of nitriles is 1. The first-order valence-corrected chi connectivity index (χ1v) is 9.05. The Labute approximate surface area is 146 Å². The molecule has 0 aliphatic carbocycles. The van der Waals surface area contributed by atoms with Gasteiger partial charge >= 0.3 is 0 Å². The van der Waals surface area contributed by atoms with E-state index in [0.717, 1.165) is 5.56 Å². The van der Waals surface area contributed by atoms with Crippen LogP contribution in [0.15, 0.2) is 53.4 Å². The monoisotopic (exact) mass is 358 g/mol. The number of nitrogens with one attached hydrogen (secondary N) is 2. The largest absolute Gasteiger partial charge is 0.376 e. The van der Waals surface area contributed by atoms with Crippen molar-refractivity contribution in [3.63, 3.8) is 0 Å². The zero-order valence-electron chi connectivity index (χ0n) is 13.4. The fourth-order valence-corrected chi connectivity index (χ4v) is 2.65. The summed E-state index contributed by atoms with van der Waals surface area (Å²) in [6, 6.07) is 15.1. The molecule has 7 nitrogen and oxygen atoms in total. The van der Waals surface area contributed by atoms with Crippen LogP contribution in [-0.2, 0) is 21.2 Å². The molecule has 0 saturated carbocycles. The number of nitrogens with zero attached hydrogens (tertiary/aromatic N) is 1. The first kappa shape index (κ1) is 18.4. The smallest absolute Gasteiger partial charge is 0.239 e. The van der Waals surface area contributed by atoms with Gasteiger partial charge in [0.15, 0.2) is 0 Å². The predicted molar refractivity (Wildman–Crippen MR) is 94.2 cm³/mol. The molecule has 0 unspecified atom stereocenters. The summed E-state index contributed by atoms with van der Waals surface area (Å²) in [5.41, 5.74) is 2.11. The molecule has 0 bridgehead atoms. The maximum atomic E-state index is 11.8. The maximum Gasteiger partial charge on any atom is 0.239 e. The minimum Gasteiger partial charge on any atom is -0.376 e. The summed E-state index contributed by atoms with van der Waals surface area (Å²) in [7, 11) is -3.69. The van der Waals surface area contributed by atoms with Gasteiger partial charge in [0.25, 0.3) is 0 Å². The highest BCUT2D eigenvalue weighted by atomic mass is 32.2. The molecule has 0 atom stereocenters. The Morgan fingerprint density at radius 2 is 1.88 bits per heavy atom. The Morgan fingerprint density at radius 1 is 1.16 bits per heavy atom. The van der Waals surface area contributed by atoms with E-state index in [1.54, 1.807) is 36.4 Å². The number of carbonyl (C=O) groups excluding carboxylic acids is 1. The summed E-state index contributed by atoms with van der Waals surface area (Å²) in [4.78, 5) is 11.9. The van der Waals surface area contributed by atoms with Crippen molar-refractivity contribution in [1.29, 1.82) is 5.26 Å². The highest BCUT2D eigenvalue weighted by Gasteiger charge is 2.07. The van der Waals surface area contributed by atoms with Crippen LogP contribution < -0.4 is 15.8 Å². The highest BCUT2D eigenvalue weighted by Crippen LogP contribution is 2.10. The summed E-state index contributed by atoms with van der Waals surface area (Å²) in [5, 5.41) is 19.6. The van der Waals surface area contributed by atoms with Crippen molar-refractivity contribution in [3.05, 3.63) is 59.7 Å². The number of anilines is 1. The molecule has 0 aliphatic rings. The summed E-state index contributed by atoms with van der Waals surface area (Å²) in [6.45, 7) is 0.521. The number of carbonyl (C=O) groups is 1. The van der Waals surface area contributed by atoms with E-state index in [1.807, 2.05) is 6.07 Å². The van der Waals surface area contributed by atoms with Crippen molar-refractivity contribution < 1.29 is 13.2 Å². The molecule has 2 rings (SSSR count). The van der Waals surface area contributed by atoms with Gasteiger partial charge in [-0.05, 0) is 42.3 Å². The summed E-state index contributed by atoms with van der Waals surface area (Å²) in [6.07, 6.45) is 0.570. The molecule has 2 aromatic rings. The fourth-order valence-electron chi connectivity index (χ4n) is 2.14. The molecule has 0 spiro atoms. The quantitative estimate of drug-likeness (QED) is 0.680. The van der Waals surface area contributed by atoms with Crippen molar-refractivity contribution in [2.75, 3.05) is 18.4 Å². The topological polar surface area (TPSA) is 125 Å². The average molecular weight is 358 g/mol. The van der Waals surface area contributed by atoms with Crippen LogP contribution in [0.2, 0.25) is 0 Å². The lowest BCUT2D eigenvalue weighted by Gasteiger charge is -2.08. The number of nitrogens with two attached hydrogens (primary N) is 1. The van der Waals surface area contributed by atoms with E-state index in [1.165, 1.54) is 12.1 Å². The summed E-state index contributed by atoms with van der Waals surface area (Å²) < 4.78 is 22.3. The molecule has 0 fully saturated rings. The van der Waals surface area contributed by atoms with Gasteiger partial charge in [0, 0.05) is 12.2 Å². The maximum absolute atomic E-state index is 11.8. The van der Waals surface area contributed by atoms with Crippen molar-refractivity contribution in [1.82, 2.24) is 5.32 Å². The van der Waals surface area contributed by atoms with E-state index >= 15 is 0 Å². The van der Waals surface area contributed by atoms with E-state index in [4.69, 9.17) is 10.4 Å². The summed E-state index contributed by atoms with van der Waals surface area (Å²) >= 11 is 0. The summed E-state index contributed by atoms with van der Waals surface area (Å²) in [5.74, 6) is -0.177. The van der Waals surface area contributed by atoms with Crippen LogP contribution >= 0.6 is 0 Å². The first-order chi connectivity index (χ1) is 11.9. The second-order valence-electron chi connectivity index (χ2n) is 5.34. The Morgan fingerprint density at radius 3 is 2.52 bits per heavy atom. The molecule has 8 heteroatoms. The zero-order chi connectivity index (χ0) is 18.3. The fraction of sp³-hybridized carbons (Fsp3) is 0.176. The van der Waals surface area contributed by atoms with E-state index in [9.17, 15) is 13.2 Å². The molecular weight excluding hydrogens is 340 g/mol. The van der Waals surface area contributed by atoms with E-state index in [0.29, 0.717) is 24.2 Å². The molecule has 0 aromatic heterocycles. The van der Waals surface area contributed by atoms with E-state index in [2.05, 4.69) is 10.6 Å². The molecule has 0 saturated heterocycles. The first-order valence-electron chi connectivity index (χ1n) is 7.51. The van der Waals surface area contributed by atoms with Crippen molar-refractivity contribution in [2.24, 2.45) is 5.14 Å². The number of hydrogen-bond donors (Lipinski definition) is 3. The van der Waals surface area contributed by atoms with Gasteiger partial charge in [0.05, 0.1) is 23.1 Å². The Balaban J connectivity index is 1.76. The molecule has 0 heterocycles.